The summed E-state index contributed by atoms with van der Waals surface area (Å²) in [6.45, 7) is 0. The number of alkyl halides is 3. The number of hydrogen-bond acceptors (Lipinski definition) is 3. The maximum atomic E-state index is 12.6. The molecule has 1 N–H and O–H groups in total. The van der Waals surface area contributed by atoms with E-state index in [4.69, 9.17) is 0 Å². The standard InChI is InChI=1S/C18H13F3O4/c1-25-17(24)15(13-4-2-3-5-14(13)16(22)23)10-11-6-8-12(9-7-11)18(19,20)21/h2-10H,1H3,(H,22,23)/b15-10+. The van der Waals surface area contributed by atoms with E-state index in [1.807, 2.05) is 0 Å². The van der Waals surface area contributed by atoms with Crippen LogP contribution in [0.15, 0.2) is 48.5 Å². The van der Waals surface area contributed by atoms with Crippen LogP contribution < -0.4 is 0 Å². The molecule has 0 aliphatic carbocycles. The average molecular weight is 350 g/mol. The zero-order valence-corrected chi connectivity index (χ0v) is 13.0. The molecule has 25 heavy (non-hydrogen) atoms. The second-order valence-corrected chi connectivity index (χ2v) is 5.02. The minimum absolute atomic E-state index is 0.0692. The van der Waals surface area contributed by atoms with Gasteiger partial charge in [0.1, 0.15) is 0 Å². The topological polar surface area (TPSA) is 63.6 Å². The Labute approximate surface area is 141 Å². The van der Waals surface area contributed by atoms with Crippen LogP contribution >= 0.6 is 0 Å². The van der Waals surface area contributed by atoms with Crippen molar-refractivity contribution in [3.63, 3.8) is 0 Å². The number of carboxylic acids is 1. The van der Waals surface area contributed by atoms with E-state index in [0.29, 0.717) is 5.56 Å². The number of halogens is 3. The maximum absolute atomic E-state index is 12.6. The second kappa shape index (κ2) is 7.21. The summed E-state index contributed by atoms with van der Waals surface area (Å²) in [5, 5.41) is 9.26. The zero-order valence-electron chi connectivity index (χ0n) is 13.0. The minimum Gasteiger partial charge on any atom is -0.478 e. The van der Waals surface area contributed by atoms with Gasteiger partial charge < -0.3 is 9.84 Å². The van der Waals surface area contributed by atoms with E-state index >= 15 is 0 Å². The molecule has 0 unspecified atom stereocenters. The maximum Gasteiger partial charge on any atom is 0.416 e. The van der Waals surface area contributed by atoms with Crippen LogP contribution in [0.1, 0.15) is 27.0 Å². The minimum atomic E-state index is -4.47. The Kier molecular flexibility index (Phi) is 5.26. The fourth-order valence-electron chi connectivity index (χ4n) is 2.20. The van der Waals surface area contributed by atoms with Crippen LogP contribution in [0.2, 0.25) is 0 Å². The lowest BCUT2D eigenvalue weighted by atomic mass is 9.97. The molecule has 0 aliphatic heterocycles. The lowest BCUT2D eigenvalue weighted by Gasteiger charge is -2.10. The van der Waals surface area contributed by atoms with Gasteiger partial charge in [-0.25, -0.2) is 9.59 Å². The molecule has 0 aromatic heterocycles. The Bertz CT molecular complexity index is 821. The molecule has 0 bridgehead atoms. The number of benzene rings is 2. The third kappa shape index (κ3) is 4.26. The van der Waals surface area contributed by atoms with Gasteiger partial charge in [-0.2, -0.15) is 13.2 Å². The Morgan fingerprint density at radius 2 is 1.56 bits per heavy atom. The van der Waals surface area contributed by atoms with Gasteiger partial charge in [-0.15, -0.1) is 0 Å². The molecule has 0 fully saturated rings. The largest absolute Gasteiger partial charge is 0.478 e. The molecule has 130 valence electrons. The average Bonchev–Trinajstić information content (AvgIpc) is 2.58. The predicted molar refractivity (Wildman–Crippen MR) is 84.7 cm³/mol. The summed E-state index contributed by atoms with van der Waals surface area (Å²) in [4.78, 5) is 23.4. The highest BCUT2D eigenvalue weighted by Crippen LogP contribution is 2.30. The molecular weight excluding hydrogens is 337 g/mol. The number of carbonyl (C=O) groups excluding carboxylic acids is 1. The molecule has 0 heterocycles. The van der Waals surface area contributed by atoms with Crippen molar-refractivity contribution in [1.82, 2.24) is 0 Å². The molecule has 0 spiro atoms. The van der Waals surface area contributed by atoms with Crippen molar-refractivity contribution >= 4 is 23.6 Å². The number of ether oxygens (including phenoxy) is 1. The van der Waals surface area contributed by atoms with Crippen molar-refractivity contribution in [2.24, 2.45) is 0 Å². The van der Waals surface area contributed by atoms with Crippen molar-refractivity contribution in [3.05, 3.63) is 70.8 Å². The fourth-order valence-corrected chi connectivity index (χ4v) is 2.20. The number of methoxy groups -OCH3 is 1. The normalized spacial score (nSPS) is 11.9. The number of esters is 1. The lowest BCUT2D eigenvalue weighted by molar-refractivity contribution is -0.137. The number of aromatic carboxylic acids is 1. The van der Waals surface area contributed by atoms with Gasteiger partial charge in [-0.3, -0.25) is 0 Å². The van der Waals surface area contributed by atoms with Crippen molar-refractivity contribution < 1.29 is 32.6 Å². The molecule has 2 aromatic carbocycles. The molecule has 0 amide bonds. The highest BCUT2D eigenvalue weighted by atomic mass is 19.4. The van der Waals surface area contributed by atoms with Crippen LogP contribution in [0.5, 0.6) is 0 Å². The summed E-state index contributed by atoms with van der Waals surface area (Å²) in [6, 6.07) is 9.93. The van der Waals surface area contributed by atoms with Gasteiger partial charge in [-0.05, 0) is 29.8 Å². The summed E-state index contributed by atoms with van der Waals surface area (Å²) >= 11 is 0. The van der Waals surface area contributed by atoms with Crippen molar-refractivity contribution in [1.29, 1.82) is 0 Å². The Balaban J connectivity index is 2.54. The van der Waals surface area contributed by atoms with E-state index in [-0.39, 0.29) is 16.7 Å². The summed E-state index contributed by atoms with van der Waals surface area (Å²) in [7, 11) is 1.13. The van der Waals surface area contributed by atoms with Crippen LogP contribution in [0, 0.1) is 0 Å². The van der Waals surface area contributed by atoms with E-state index in [1.54, 1.807) is 6.07 Å². The third-order valence-corrected chi connectivity index (χ3v) is 3.40. The highest BCUT2D eigenvalue weighted by molar-refractivity contribution is 6.23. The number of carboxylic acid groups (broad SMARTS) is 1. The van der Waals surface area contributed by atoms with Gasteiger partial charge in [0, 0.05) is 5.56 Å². The first-order chi connectivity index (χ1) is 11.7. The van der Waals surface area contributed by atoms with Crippen LogP contribution in [0.25, 0.3) is 11.6 Å². The van der Waals surface area contributed by atoms with Crippen molar-refractivity contribution in [2.45, 2.75) is 6.18 Å². The van der Waals surface area contributed by atoms with E-state index in [9.17, 15) is 27.9 Å². The van der Waals surface area contributed by atoms with Crippen molar-refractivity contribution in [2.75, 3.05) is 7.11 Å². The number of rotatable bonds is 4. The van der Waals surface area contributed by atoms with Crippen molar-refractivity contribution in [3.8, 4) is 0 Å². The van der Waals surface area contributed by atoms with Gasteiger partial charge >= 0.3 is 18.1 Å². The van der Waals surface area contributed by atoms with Crippen LogP contribution in [-0.4, -0.2) is 24.2 Å². The molecule has 0 aliphatic rings. The summed E-state index contributed by atoms with van der Waals surface area (Å²) in [5.41, 5.74) is -0.600. The number of hydrogen-bond donors (Lipinski definition) is 1. The first kappa shape index (κ1) is 18.3. The first-order valence-corrected chi connectivity index (χ1v) is 7.04. The fraction of sp³-hybridized carbons (Fsp3) is 0.111. The molecule has 0 saturated heterocycles. The molecule has 0 atom stereocenters. The van der Waals surface area contributed by atoms with Gasteiger partial charge in [0.25, 0.3) is 0 Å². The third-order valence-electron chi connectivity index (χ3n) is 3.40. The SMILES string of the molecule is COC(=O)/C(=C/c1ccc(C(F)(F)F)cc1)c1ccccc1C(=O)O. The van der Waals surface area contributed by atoms with E-state index in [2.05, 4.69) is 4.74 Å². The van der Waals surface area contributed by atoms with Crippen LogP contribution in [0.3, 0.4) is 0 Å². The molecule has 0 radical (unpaired) electrons. The molecule has 7 heteroatoms. The van der Waals surface area contributed by atoms with E-state index in [1.165, 1.54) is 36.4 Å². The molecule has 4 nitrogen and oxygen atoms in total. The summed E-state index contributed by atoms with van der Waals surface area (Å²) in [5.74, 6) is -2.04. The van der Waals surface area contributed by atoms with Gasteiger partial charge in [0.15, 0.2) is 0 Å². The smallest absolute Gasteiger partial charge is 0.416 e. The zero-order chi connectivity index (χ0) is 18.6. The molecule has 2 aromatic rings. The Morgan fingerprint density at radius 3 is 2.04 bits per heavy atom. The predicted octanol–water partition coefficient (Wildman–Crippen LogP) is 4.12. The van der Waals surface area contributed by atoms with Gasteiger partial charge in [-0.1, -0.05) is 30.3 Å². The highest BCUT2D eigenvalue weighted by Gasteiger charge is 2.30. The quantitative estimate of drug-likeness (QED) is 0.512. The second-order valence-electron chi connectivity index (χ2n) is 5.02. The Morgan fingerprint density at radius 1 is 1.00 bits per heavy atom. The molecule has 2 rings (SSSR count). The van der Waals surface area contributed by atoms with E-state index < -0.39 is 23.7 Å². The molecular formula is C18H13F3O4. The van der Waals surface area contributed by atoms with Gasteiger partial charge in [0.05, 0.1) is 23.8 Å². The number of carbonyl (C=O) groups is 2. The summed E-state index contributed by atoms with van der Waals surface area (Å²) in [6.07, 6.45) is -3.18. The molecule has 0 saturated carbocycles. The lowest BCUT2D eigenvalue weighted by Crippen LogP contribution is -2.09. The van der Waals surface area contributed by atoms with Gasteiger partial charge in [0.2, 0.25) is 0 Å². The monoisotopic (exact) mass is 350 g/mol. The Hall–Kier alpha value is -3.09. The van der Waals surface area contributed by atoms with Crippen LogP contribution in [-0.2, 0) is 15.7 Å². The summed E-state index contributed by atoms with van der Waals surface area (Å²) < 4.78 is 42.5. The first-order valence-electron chi connectivity index (χ1n) is 7.04. The van der Waals surface area contributed by atoms with E-state index in [0.717, 1.165) is 19.2 Å². The van der Waals surface area contributed by atoms with Crippen LogP contribution in [0.4, 0.5) is 13.2 Å².